The monoisotopic (exact) mass is 426 g/mol. The normalized spacial score (nSPS) is 32.1. The van der Waals surface area contributed by atoms with Crippen molar-refractivity contribution in [3.05, 3.63) is 23.8 Å². The Hall–Kier alpha value is -2.24. The largest absolute Gasteiger partial charge is 0.496 e. The molecule has 0 aromatic heterocycles. The van der Waals surface area contributed by atoms with Crippen molar-refractivity contribution in [2.45, 2.75) is 57.4 Å². The Labute approximate surface area is 184 Å². The SMILES string of the molecule is COc1cccc(OC)c1C(=O)NC1CCN(C(=O)C23CC4CC(CC(C4)C2)C3)CC1. The summed E-state index contributed by atoms with van der Waals surface area (Å²) >= 11 is 0. The van der Waals surface area contributed by atoms with Crippen LogP contribution in [0.15, 0.2) is 18.2 Å². The molecular weight excluding hydrogens is 392 g/mol. The number of amides is 2. The van der Waals surface area contributed by atoms with Gasteiger partial charge in [-0.15, -0.1) is 0 Å². The highest BCUT2D eigenvalue weighted by Crippen LogP contribution is 2.60. The van der Waals surface area contributed by atoms with Gasteiger partial charge in [0.15, 0.2) is 0 Å². The van der Waals surface area contributed by atoms with E-state index in [4.69, 9.17) is 9.47 Å². The zero-order chi connectivity index (χ0) is 21.6. The Morgan fingerprint density at radius 2 is 1.45 bits per heavy atom. The Kier molecular flexibility index (Phi) is 5.35. The summed E-state index contributed by atoms with van der Waals surface area (Å²) in [7, 11) is 3.11. The summed E-state index contributed by atoms with van der Waals surface area (Å²) in [6.45, 7) is 1.46. The molecule has 1 aliphatic heterocycles. The second-order valence-electron chi connectivity index (χ2n) is 10.3. The summed E-state index contributed by atoms with van der Waals surface area (Å²) in [5.41, 5.74) is 0.356. The lowest BCUT2D eigenvalue weighted by Crippen LogP contribution is -2.56. The lowest BCUT2D eigenvalue weighted by atomic mass is 9.49. The predicted molar refractivity (Wildman–Crippen MR) is 117 cm³/mol. The van der Waals surface area contributed by atoms with Gasteiger partial charge in [0.25, 0.3) is 5.91 Å². The summed E-state index contributed by atoms with van der Waals surface area (Å²) < 4.78 is 10.7. The first-order valence-corrected chi connectivity index (χ1v) is 11.8. The molecule has 4 bridgehead atoms. The minimum atomic E-state index is -0.180. The first-order valence-electron chi connectivity index (χ1n) is 11.8. The second kappa shape index (κ2) is 8.03. The molecule has 1 aromatic rings. The van der Waals surface area contributed by atoms with E-state index < -0.39 is 0 Å². The topological polar surface area (TPSA) is 67.9 Å². The van der Waals surface area contributed by atoms with E-state index in [-0.39, 0.29) is 17.4 Å². The van der Waals surface area contributed by atoms with E-state index in [2.05, 4.69) is 10.2 Å². The van der Waals surface area contributed by atoms with Crippen LogP contribution >= 0.6 is 0 Å². The molecule has 0 radical (unpaired) electrons. The number of hydrogen-bond acceptors (Lipinski definition) is 4. The van der Waals surface area contributed by atoms with Gasteiger partial charge in [0.1, 0.15) is 17.1 Å². The van der Waals surface area contributed by atoms with Gasteiger partial charge in [0.2, 0.25) is 5.91 Å². The van der Waals surface area contributed by atoms with Gasteiger partial charge in [0.05, 0.1) is 19.6 Å². The zero-order valence-corrected chi connectivity index (χ0v) is 18.7. The van der Waals surface area contributed by atoms with Crippen molar-refractivity contribution in [3.8, 4) is 11.5 Å². The molecule has 0 atom stereocenters. The third-order valence-corrected chi connectivity index (χ3v) is 8.26. The highest BCUT2D eigenvalue weighted by Gasteiger charge is 2.55. The Morgan fingerprint density at radius 3 is 1.94 bits per heavy atom. The van der Waals surface area contributed by atoms with Gasteiger partial charge in [-0.3, -0.25) is 9.59 Å². The quantitative estimate of drug-likeness (QED) is 0.781. The third kappa shape index (κ3) is 3.68. The van der Waals surface area contributed by atoms with Crippen LogP contribution in [-0.2, 0) is 4.79 Å². The number of hydrogen-bond donors (Lipinski definition) is 1. The minimum Gasteiger partial charge on any atom is -0.496 e. The average Bonchev–Trinajstić information content (AvgIpc) is 2.77. The van der Waals surface area contributed by atoms with Gasteiger partial charge < -0.3 is 19.7 Å². The van der Waals surface area contributed by atoms with Crippen LogP contribution in [0.4, 0.5) is 0 Å². The standard InChI is InChI=1S/C25H34N2O4/c1-30-20-4-3-5-21(31-2)22(20)23(28)26-19-6-8-27(9-7-19)24(29)25-13-16-10-17(14-25)12-18(11-16)15-25/h3-5,16-19H,6-15H2,1-2H3,(H,26,28). The molecule has 1 aromatic carbocycles. The van der Waals surface area contributed by atoms with Gasteiger partial charge >= 0.3 is 0 Å². The van der Waals surface area contributed by atoms with Gasteiger partial charge in [-0.2, -0.15) is 0 Å². The first-order chi connectivity index (χ1) is 15.0. The Balaban J connectivity index is 1.21. The van der Waals surface area contributed by atoms with Crippen molar-refractivity contribution in [3.63, 3.8) is 0 Å². The van der Waals surface area contributed by atoms with Crippen LogP contribution in [0.1, 0.15) is 61.7 Å². The number of likely N-dealkylation sites (tertiary alicyclic amines) is 1. The smallest absolute Gasteiger partial charge is 0.259 e. The van der Waals surface area contributed by atoms with Crippen LogP contribution in [0.2, 0.25) is 0 Å². The predicted octanol–water partition coefficient (Wildman–Crippen LogP) is 3.64. The molecule has 5 aliphatic rings. The Bertz CT molecular complexity index is 802. The number of benzene rings is 1. The van der Waals surface area contributed by atoms with E-state index in [0.29, 0.717) is 23.0 Å². The molecule has 5 fully saturated rings. The van der Waals surface area contributed by atoms with E-state index in [1.807, 2.05) is 6.07 Å². The molecule has 6 nitrogen and oxygen atoms in total. The molecule has 1 saturated heterocycles. The molecule has 31 heavy (non-hydrogen) atoms. The van der Waals surface area contributed by atoms with E-state index in [0.717, 1.165) is 62.9 Å². The molecule has 2 amide bonds. The lowest BCUT2D eigenvalue weighted by molar-refractivity contribution is -0.158. The number of rotatable bonds is 5. The molecule has 0 unspecified atom stereocenters. The van der Waals surface area contributed by atoms with Gasteiger partial charge in [-0.05, 0) is 81.3 Å². The van der Waals surface area contributed by atoms with Crippen LogP contribution in [0, 0.1) is 23.2 Å². The highest BCUT2D eigenvalue weighted by molar-refractivity contribution is 6.00. The second-order valence-corrected chi connectivity index (χ2v) is 10.3. The summed E-state index contributed by atoms with van der Waals surface area (Å²) in [6.07, 6.45) is 8.99. The third-order valence-electron chi connectivity index (χ3n) is 8.26. The molecule has 0 spiro atoms. The maximum atomic E-state index is 13.6. The summed E-state index contributed by atoms with van der Waals surface area (Å²) in [5, 5.41) is 3.14. The summed E-state index contributed by atoms with van der Waals surface area (Å²) in [4.78, 5) is 28.6. The molecule has 6 heteroatoms. The van der Waals surface area contributed by atoms with Crippen LogP contribution in [-0.4, -0.2) is 50.1 Å². The lowest BCUT2D eigenvalue weighted by Gasteiger charge is -2.57. The fourth-order valence-corrected chi connectivity index (χ4v) is 7.27. The molecule has 4 aliphatic carbocycles. The van der Waals surface area contributed by atoms with Crippen molar-refractivity contribution in [2.24, 2.45) is 23.2 Å². The summed E-state index contributed by atoms with van der Waals surface area (Å²) in [5.74, 6) is 3.58. The molecule has 1 N–H and O–H groups in total. The van der Waals surface area contributed by atoms with Crippen molar-refractivity contribution in [1.29, 1.82) is 0 Å². The van der Waals surface area contributed by atoms with Crippen LogP contribution in [0.25, 0.3) is 0 Å². The number of carbonyl (C=O) groups excluding carboxylic acids is 2. The number of piperidine rings is 1. The molecule has 1 heterocycles. The molecule has 4 saturated carbocycles. The number of carbonyl (C=O) groups is 2. The number of nitrogens with zero attached hydrogens (tertiary/aromatic N) is 1. The fraction of sp³-hybridized carbons (Fsp3) is 0.680. The van der Waals surface area contributed by atoms with Crippen LogP contribution in [0.5, 0.6) is 11.5 Å². The molecule has 6 rings (SSSR count). The van der Waals surface area contributed by atoms with Crippen molar-refractivity contribution in [2.75, 3.05) is 27.3 Å². The van der Waals surface area contributed by atoms with E-state index in [1.165, 1.54) is 19.3 Å². The van der Waals surface area contributed by atoms with Crippen LogP contribution < -0.4 is 14.8 Å². The van der Waals surface area contributed by atoms with Crippen molar-refractivity contribution >= 4 is 11.8 Å². The maximum Gasteiger partial charge on any atom is 0.259 e. The minimum absolute atomic E-state index is 0.0579. The van der Waals surface area contributed by atoms with Gasteiger partial charge in [-0.25, -0.2) is 0 Å². The average molecular weight is 427 g/mol. The van der Waals surface area contributed by atoms with E-state index in [9.17, 15) is 9.59 Å². The molecular formula is C25H34N2O4. The summed E-state index contributed by atoms with van der Waals surface area (Å²) in [6, 6.07) is 5.40. The highest BCUT2D eigenvalue weighted by atomic mass is 16.5. The number of methoxy groups -OCH3 is 2. The van der Waals surface area contributed by atoms with Crippen molar-refractivity contribution in [1.82, 2.24) is 10.2 Å². The van der Waals surface area contributed by atoms with Gasteiger partial charge in [0, 0.05) is 19.1 Å². The van der Waals surface area contributed by atoms with Crippen LogP contribution in [0.3, 0.4) is 0 Å². The van der Waals surface area contributed by atoms with E-state index in [1.54, 1.807) is 26.4 Å². The fourth-order valence-electron chi connectivity index (χ4n) is 7.27. The zero-order valence-electron chi connectivity index (χ0n) is 18.7. The van der Waals surface area contributed by atoms with Gasteiger partial charge in [-0.1, -0.05) is 6.07 Å². The first kappa shape index (κ1) is 20.7. The van der Waals surface area contributed by atoms with E-state index >= 15 is 0 Å². The maximum absolute atomic E-state index is 13.6. The molecule has 168 valence electrons. The van der Waals surface area contributed by atoms with Crippen molar-refractivity contribution < 1.29 is 19.1 Å². The Morgan fingerprint density at radius 1 is 0.935 bits per heavy atom. The number of nitrogens with one attached hydrogen (secondary N) is 1. The number of ether oxygens (including phenoxy) is 2.